The molecule has 0 aliphatic carbocycles. The highest BCUT2D eigenvalue weighted by molar-refractivity contribution is 7.98. The smallest absolute Gasteiger partial charge is 0.212 e. The van der Waals surface area contributed by atoms with Gasteiger partial charge >= 0.3 is 0 Å². The Labute approximate surface area is 124 Å². The van der Waals surface area contributed by atoms with Gasteiger partial charge in [-0.05, 0) is 0 Å². The zero-order chi connectivity index (χ0) is 14.8. The third kappa shape index (κ3) is 6.04. The Morgan fingerprint density at radius 2 is 2.30 bits per heavy atom. The standard InChI is InChI=1S/C10H12N8S2/c11-5-15-8(16-6-12)1-2-19-3-7-4-20-10(17-7)18-9(13)14/h4H,1-3H2,(H,15,16)(H4,13,14,17,18). The first kappa shape index (κ1) is 15.8. The van der Waals surface area contributed by atoms with Crippen molar-refractivity contribution in [2.75, 3.05) is 5.75 Å². The van der Waals surface area contributed by atoms with Gasteiger partial charge in [-0.1, -0.05) is 0 Å². The number of nitrogens with two attached hydrogens (primary N) is 2. The van der Waals surface area contributed by atoms with Gasteiger partial charge in [-0.3, -0.25) is 5.32 Å². The van der Waals surface area contributed by atoms with Gasteiger partial charge in [-0.25, -0.2) is 4.98 Å². The molecule has 0 radical (unpaired) electrons. The highest BCUT2D eigenvalue weighted by atomic mass is 32.2. The van der Waals surface area contributed by atoms with Gasteiger partial charge in [0.15, 0.2) is 12.2 Å². The van der Waals surface area contributed by atoms with Crippen molar-refractivity contribution >= 4 is 40.0 Å². The summed E-state index contributed by atoms with van der Waals surface area (Å²) in [4.78, 5) is 11.6. The Bertz CT molecular complexity index is 573. The van der Waals surface area contributed by atoms with Crippen LogP contribution in [-0.2, 0) is 5.75 Å². The van der Waals surface area contributed by atoms with E-state index in [1.165, 1.54) is 11.3 Å². The predicted octanol–water partition coefficient (Wildman–Crippen LogP) is 0.622. The fourth-order valence-corrected chi connectivity index (χ4v) is 2.79. The van der Waals surface area contributed by atoms with Crippen LogP contribution in [0.3, 0.4) is 0 Å². The maximum atomic E-state index is 8.47. The number of nitrogens with zero attached hydrogens (tertiary/aromatic N) is 5. The van der Waals surface area contributed by atoms with E-state index in [1.807, 2.05) is 5.38 Å². The largest absolute Gasteiger partial charge is 0.370 e. The minimum atomic E-state index is -0.0153. The van der Waals surface area contributed by atoms with E-state index < -0.39 is 0 Å². The van der Waals surface area contributed by atoms with Crippen molar-refractivity contribution in [3.05, 3.63) is 11.1 Å². The minimum Gasteiger partial charge on any atom is -0.370 e. The Morgan fingerprint density at radius 1 is 1.50 bits per heavy atom. The van der Waals surface area contributed by atoms with Crippen LogP contribution in [0.15, 0.2) is 15.4 Å². The van der Waals surface area contributed by atoms with Crippen LogP contribution in [0.5, 0.6) is 0 Å². The average molecular weight is 308 g/mol. The molecule has 10 heteroatoms. The molecule has 0 aromatic carbocycles. The van der Waals surface area contributed by atoms with Gasteiger partial charge < -0.3 is 11.5 Å². The molecule has 104 valence electrons. The predicted molar refractivity (Wildman–Crippen MR) is 80.2 cm³/mol. The summed E-state index contributed by atoms with van der Waals surface area (Å²) in [5, 5.41) is 21.7. The number of amidine groups is 1. The van der Waals surface area contributed by atoms with Crippen molar-refractivity contribution < 1.29 is 0 Å². The number of guanidine groups is 1. The molecule has 0 bridgehead atoms. The van der Waals surface area contributed by atoms with Crippen molar-refractivity contribution in [2.24, 2.45) is 21.5 Å². The van der Waals surface area contributed by atoms with Crippen LogP contribution >= 0.6 is 23.1 Å². The van der Waals surface area contributed by atoms with Gasteiger partial charge in [-0.15, -0.1) is 11.3 Å². The number of aromatic nitrogens is 1. The highest BCUT2D eigenvalue weighted by Crippen LogP contribution is 2.21. The number of rotatable bonds is 6. The Kier molecular flexibility index (Phi) is 6.89. The van der Waals surface area contributed by atoms with E-state index >= 15 is 0 Å². The van der Waals surface area contributed by atoms with Crippen LogP contribution in [0.4, 0.5) is 5.13 Å². The van der Waals surface area contributed by atoms with Crippen molar-refractivity contribution in [1.82, 2.24) is 10.3 Å². The fraction of sp³-hybridized carbons (Fsp3) is 0.300. The summed E-state index contributed by atoms with van der Waals surface area (Å²) in [6.07, 6.45) is 3.90. The minimum absolute atomic E-state index is 0.0153. The first-order valence-corrected chi connectivity index (χ1v) is 7.41. The third-order valence-corrected chi connectivity index (χ3v) is 3.66. The fourth-order valence-electron chi connectivity index (χ4n) is 1.14. The number of nitriles is 2. The van der Waals surface area contributed by atoms with Gasteiger partial charge in [0.05, 0.1) is 5.69 Å². The van der Waals surface area contributed by atoms with Crippen molar-refractivity contribution in [3.8, 4) is 12.4 Å². The SMILES string of the molecule is N#CN=C(CCSCc1csc(N=C(N)N)n1)NC#N. The molecular formula is C10H12N8S2. The lowest BCUT2D eigenvalue weighted by Crippen LogP contribution is -2.21. The number of nitrogens with one attached hydrogen (secondary N) is 1. The lowest BCUT2D eigenvalue weighted by Gasteiger charge is -2.00. The summed E-state index contributed by atoms with van der Waals surface area (Å²) < 4.78 is 0. The summed E-state index contributed by atoms with van der Waals surface area (Å²) in [5.41, 5.74) is 11.4. The molecule has 20 heavy (non-hydrogen) atoms. The molecule has 0 spiro atoms. The Balaban J connectivity index is 2.36. The van der Waals surface area contributed by atoms with Crippen LogP contribution in [0.2, 0.25) is 0 Å². The van der Waals surface area contributed by atoms with Crippen LogP contribution in [0.1, 0.15) is 12.1 Å². The molecule has 1 aromatic heterocycles. The summed E-state index contributed by atoms with van der Waals surface area (Å²) in [5.74, 6) is 1.76. The first-order valence-electron chi connectivity index (χ1n) is 5.38. The summed E-state index contributed by atoms with van der Waals surface area (Å²) in [6, 6.07) is 0. The molecule has 0 unspecified atom stereocenters. The highest BCUT2D eigenvalue weighted by Gasteiger charge is 2.03. The zero-order valence-electron chi connectivity index (χ0n) is 10.4. The molecule has 0 aliphatic heterocycles. The van der Waals surface area contributed by atoms with Crippen molar-refractivity contribution in [2.45, 2.75) is 12.2 Å². The van der Waals surface area contributed by atoms with Crippen molar-refractivity contribution in [1.29, 1.82) is 10.5 Å². The number of aliphatic imine (C=N–C) groups is 2. The average Bonchev–Trinajstić information content (AvgIpc) is 2.82. The van der Waals surface area contributed by atoms with Gasteiger partial charge in [-0.2, -0.15) is 32.3 Å². The lowest BCUT2D eigenvalue weighted by atomic mass is 10.4. The van der Waals surface area contributed by atoms with Gasteiger partial charge in [0.25, 0.3) is 0 Å². The number of hydrogen-bond donors (Lipinski definition) is 3. The Morgan fingerprint density at radius 3 is 2.95 bits per heavy atom. The van der Waals surface area contributed by atoms with Gasteiger partial charge in [0, 0.05) is 23.3 Å². The normalized spacial score (nSPS) is 10.4. The maximum absolute atomic E-state index is 8.47. The molecule has 0 fully saturated rings. The van der Waals surface area contributed by atoms with Crippen LogP contribution in [0.25, 0.3) is 0 Å². The molecule has 8 nitrogen and oxygen atoms in total. The number of thioether (sulfide) groups is 1. The maximum Gasteiger partial charge on any atom is 0.212 e. The second-order valence-electron chi connectivity index (χ2n) is 3.36. The quantitative estimate of drug-likeness (QED) is 0.229. The first-order chi connectivity index (χ1) is 9.65. The number of hydrogen-bond acceptors (Lipinski definition) is 7. The van der Waals surface area contributed by atoms with E-state index in [0.29, 0.717) is 28.9 Å². The molecule has 1 heterocycles. The summed E-state index contributed by atoms with van der Waals surface area (Å²) in [7, 11) is 0. The van der Waals surface area contributed by atoms with Crippen LogP contribution in [0, 0.1) is 22.9 Å². The molecule has 0 aliphatic rings. The molecule has 1 rings (SSSR count). The van der Waals surface area contributed by atoms with E-state index in [0.717, 1.165) is 5.69 Å². The summed E-state index contributed by atoms with van der Waals surface area (Å²) >= 11 is 2.98. The van der Waals surface area contributed by atoms with E-state index in [4.69, 9.17) is 22.0 Å². The summed E-state index contributed by atoms with van der Waals surface area (Å²) in [6.45, 7) is 0. The van der Waals surface area contributed by atoms with E-state index in [2.05, 4.69) is 20.3 Å². The number of thiazole rings is 1. The second-order valence-corrected chi connectivity index (χ2v) is 5.30. The molecular weight excluding hydrogens is 296 g/mol. The lowest BCUT2D eigenvalue weighted by molar-refractivity contribution is 1.14. The molecule has 5 N–H and O–H groups in total. The Hall–Kier alpha value is -2.30. The topological polar surface area (TPSA) is 149 Å². The van der Waals surface area contributed by atoms with E-state index in [1.54, 1.807) is 24.1 Å². The van der Waals surface area contributed by atoms with Gasteiger partial charge in [0.1, 0.15) is 5.84 Å². The van der Waals surface area contributed by atoms with E-state index in [-0.39, 0.29) is 5.96 Å². The van der Waals surface area contributed by atoms with Gasteiger partial charge in [0.2, 0.25) is 11.3 Å². The molecule has 0 saturated heterocycles. The third-order valence-electron chi connectivity index (χ3n) is 1.88. The monoisotopic (exact) mass is 308 g/mol. The van der Waals surface area contributed by atoms with Crippen molar-refractivity contribution in [3.63, 3.8) is 0 Å². The zero-order valence-corrected chi connectivity index (χ0v) is 12.0. The molecule has 1 aromatic rings. The molecule has 0 amide bonds. The van der Waals surface area contributed by atoms with Crippen LogP contribution < -0.4 is 16.8 Å². The second kappa shape index (κ2) is 8.74. The molecule has 0 atom stereocenters. The van der Waals surface area contributed by atoms with E-state index in [9.17, 15) is 0 Å². The molecule has 0 saturated carbocycles. The van der Waals surface area contributed by atoms with Crippen LogP contribution in [-0.4, -0.2) is 22.5 Å².